The number of ether oxygens (including phenoxy) is 1. The topological polar surface area (TPSA) is 78.9 Å². The van der Waals surface area contributed by atoms with Crippen molar-refractivity contribution in [3.63, 3.8) is 0 Å². The van der Waals surface area contributed by atoms with Crippen LogP contribution in [0.3, 0.4) is 0 Å². The molecule has 4 rings (SSSR count). The van der Waals surface area contributed by atoms with Gasteiger partial charge in [0.25, 0.3) is 0 Å². The number of rotatable bonds is 5. The minimum Gasteiger partial charge on any atom is -0.404 e. The van der Waals surface area contributed by atoms with E-state index in [2.05, 4.69) is 19.8 Å². The first-order valence-corrected chi connectivity index (χ1v) is 11.9. The van der Waals surface area contributed by atoms with Crippen molar-refractivity contribution in [3.8, 4) is 5.75 Å². The molecule has 2 aliphatic heterocycles. The van der Waals surface area contributed by atoms with Crippen molar-refractivity contribution < 1.29 is 26.3 Å². The minimum atomic E-state index is -4.98. The second kappa shape index (κ2) is 9.10. The highest BCUT2D eigenvalue weighted by Crippen LogP contribution is 2.32. The monoisotopic (exact) mass is 471 g/mol. The van der Waals surface area contributed by atoms with Gasteiger partial charge in [-0.05, 0) is 43.5 Å². The Hall–Kier alpha value is -2.60. The highest BCUT2D eigenvalue weighted by molar-refractivity contribution is 7.89. The first-order valence-electron chi connectivity index (χ1n) is 10.4. The zero-order valence-corrected chi connectivity index (χ0v) is 18.1. The van der Waals surface area contributed by atoms with Gasteiger partial charge in [-0.3, -0.25) is 0 Å². The van der Waals surface area contributed by atoms with Crippen LogP contribution >= 0.6 is 0 Å². The van der Waals surface area contributed by atoms with Gasteiger partial charge in [-0.1, -0.05) is 12.1 Å². The first-order chi connectivity index (χ1) is 15.2. The maximum atomic E-state index is 13.0. The number of aromatic nitrogens is 2. The van der Waals surface area contributed by atoms with Gasteiger partial charge in [0.2, 0.25) is 10.0 Å². The molecule has 32 heavy (non-hydrogen) atoms. The molecule has 1 aromatic carbocycles. The summed E-state index contributed by atoms with van der Waals surface area (Å²) in [6.45, 7) is 2.84. The van der Waals surface area contributed by atoms with Gasteiger partial charge < -0.3 is 14.5 Å². The van der Waals surface area contributed by atoms with Crippen LogP contribution in [-0.2, 0) is 10.0 Å². The largest absolute Gasteiger partial charge is 0.573 e. The number of hydrogen-bond acceptors (Lipinski definition) is 7. The quantitative estimate of drug-likeness (QED) is 0.664. The second-order valence-electron chi connectivity index (χ2n) is 7.68. The Kier molecular flexibility index (Phi) is 6.42. The van der Waals surface area contributed by atoms with Gasteiger partial charge in [0, 0.05) is 39.3 Å². The van der Waals surface area contributed by atoms with E-state index in [4.69, 9.17) is 0 Å². The molecule has 0 amide bonds. The van der Waals surface area contributed by atoms with Crippen LogP contribution in [0.1, 0.15) is 19.3 Å². The lowest BCUT2D eigenvalue weighted by atomic mass is 10.1. The average molecular weight is 472 g/mol. The van der Waals surface area contributed by atoms with E-state index in [0.29, 0.717) is 18.9 Å². The van der Waals surface area contributed by atoms with E-state index in [9.17, 15) is 21.6 Å². The summed E-state index contributed by atoms with van der Waals surface area (Å²) in [5.41, 5.74) is 0. The molecular formula is C20H24F3N5O3S. The Labute approximate surface area is 184 Å². The molecule has 0 radical (unpaired) electrons. The molecule has 12 heteroatoms. The maximum Gasteiger partial charge on any atom is 0.573 e. The summed E-state index contributed by atoms with van der Waals surface area (Å²) < 4.78 is 69.1. The molecule has 0 saturated carbocycles. The number of para-hydroxylation sites is 1. The average Bonchev–Trinajstić information content (AvgIpc) is 2.79. The number of sulfonamides is 1. The van der Waals surface area contributed by atoms with Gasteiger partial charge in [0.05, 0.1) is 0 Å². The summed E-state index contributed by atoms with van der Waals surface area (Å²) in [6, 6.07) is 8.56. The lowest BCUT2D eigenvalue weighted by molar-refractivity contribution is -0.275. The molecule has 2 aromatic rings. The molecule has 0 N–H and O–H groups in total. The smallest absolute Gasteiger partial charge is 0.404 e. The third-order valence-corrected chi connectivity index (χ3v) is 7.51. The third kappa shape index (κ3) is 5.07. The molecule has 174 valence electrons. The number of anilines is 2. The molecule has 2 aliphatic rings. The predicted molar refractivity (Wildman–Crippen MR) is 112 cm³/mol. The minimum absolute atomic E-state index is 0.109. The van der Waals surface area contributed by atoms with Gasteiger partial charge in [-0.2, -0.15) is 4.31 Å². The summed E-state index contributed by atoms with van der Waals surface area (Å²) in [5, 5.41) is 8.62. The summed E-state index contributed by atoms with van der Waals surface area (Å²) in [4.78, 5) is 3.61. The van der Waals surface area contributed by atoms with Crippen LogP contribution in [0, 0.1) is 0 Å². The SMILES string of the molecule is O=S(=O)(c1ccccc1OC(F)(F)F)N1CCN(c2ccc(N3CCCCC3)nn2)CC1. The van der Waals surface area contributed by atoms with E-state index in [1.165, 1.54) is 18.6 Å². The van der Waals surface area contributed by atoms with E-state index in [1.807, 2.05) is 17.0 Å². The summed E-state index contributed by atoms with van der Waals surface area (Å²) in [7, 11) is -4.15. The lowest BCUT2D eigenvalue weighted by Crippen LogP contribution is -2.49. The maximum absolute atomic E-state index is 13.0. The van der Waals surface area contributed by atoms with Gasteiger partial charge in [-0.25, -0.2) is 8.42 Å². The lowest BCUT2D eigenvalue weighted by Gasteiger charge is -2.35. The molecule has 0 aliphatic carbocycles. The number of halogens is 3. The van der Waals surface area contributed by atoms with Crippen LogP contribution in [-0.4, -0.2) is 68.6 Å². The fraction of sp³-hybridized carbons (Fsp3) is 0.500. The predicted octanol–water partition coefficient (Wildman–Crippen LogP) is 2.88. The third-order valence-electron chi connectivity index (χ3n) is 5.57. The molecule has 0 atom stereocenters. The van der Waals surface area contributed by atoms with E-state index in [-0.39, 0.29) is 13.1 Å². The molecule has 0 bridgehead atoms. The van der Waals surface area contributed by atoms with Crippen molar-refractivity contribution in [3.05, 3.63) is 36.4 Å². The molecule has 2 saturated heterocycles. The fourth-order valence-corrected chi connectivity index (χ4v) is 5.48. The van der Waals surface area contributed by atoms with Crippen LogP contribution < -0.4 is 14.5 Å². The van der Waals surface area contributed by atoms with Crippen LogP contribution in [0.4, 0.5) is 24.8 Å². The van der Waals surface area contributed by atoms with Crippen molar-refractivity contribution in [1.82, 2.24) is 14.5 Å². The summed E-state index contributed by atoms with van der Waals surface area (Å²) >= 11 is 0. The number of hydrogen-bond donors (Lipinski definition) is 0. The Balaban J connectivity index is 1.42. The van der Waals surface area contributed by atoms with Gasteiger partial charge in [-0.15, -0.1) is 23.4 Å². The fourth-order valence-electron chi connectivity index (χ4n) is 3.95. The molecule has 0 unspecified atom stereocenters. The van der Waals surface area contributed by atoms with Crippen LogP contribution in [0.5, 0.6) is 5.75 Å². The first kappa shape index (κ1) is 22.6. The van der Waals surface area contributed by atoms with Gasteiger partial charge in [0.1, 0.15) is 10.6 Å². The van der Waals surface area contributed by atoms with Crippen LogP contribution in [0.2, 0.25) is 0 Å². The standard InChI is InChI=1S/C20H24F3N5O3S/c21-20(22,23)31-16-6-2-3-7-17(16)32(29,30)28-14-12-27(13-15-28)19-9-8-18(24-25-19)26-10-4-1-5-11-26/h2-3,6-9H,1,4-5,10-15H2. The summed E-state index contributed by atoms with van der Waals surface area (Å²) in [5.74, 6) is 0.737. The van der Waals surface area contributed by atoms with E-state index in [0.717, 1.165) is 48.2 Å². The number of alkyl halides is 3. The zero-order valence-electron chi connectivity index (χ0n) is 17.3. The molecule has 8 nitrogen and oxygen atoms in total. The van der Waals surface area contributed by atoms with E-state index in [1.54, 1.807) is 0 Å². The number of nitrogens with zero attached hydrogens (tertiary/aromatic N) is 5. The van der Waals surface area contributed by atoms with Crippen LogP contribution in [0.25, 0.3) is 0 Å². The Morgan fingerprint density at radius 2 is 1.34 bits per heavy atom. The Morgan fingerprint density at radius 1 is 0.781 bits per heavy atom. The normalized spacial score (nSPS) is 18.6. The van der Waals surface area contributed by atoms with Crippen LogP contribution in [0.15, 0.2) is 41.3 Å². The van der Waals surface area contributed by atoms with Gasteiger partial charge in [0.15, 0.2) is 11.6 Å². The van der Waals surface area contributed by atoms with Crippen molar-refractivity contribution in [2.45, 2.75) is 30.5 Å². The molecule has 2 fully saturated rings. The highest BCUT2D eigenvalue weighted by atomic mass is 32.2. The second-order valence-corrected chi connectivity index (χ2v) is 9.59. The van der Waals surface area contributed by atoms with Crippen molar-refractivity contribution in [2.24, 2.45) is 0 Å². The molecule has 3 heterocycles. The molecule has 1 aromatic heterocycles. The Morgan fingerprint density at radius 3 is 1.91 bits per heavy atom. The number of piperidine rings is 1. The van der Waals surface area contributed by atoms with Crippen molar-refractivity contribution in [2.75, 3.05) is 49.1 Å². The zero-order chi connectivity index (χ0) is 22.8. The molecular weight excluding hydrogens is 447 g/mol. The number of benzene rings is 1. The van der Waals surface area contributed by atoms with E-state index >= 15 is 0 Å². The van der Waals surface area contributed by atoms with Gasteiger partial charge >= 0.3 is 6.36 Å². The Bertz CT molecular complexity index is 1020. The molecule has 0 spiro atoms. The van der Waals surface area contributed by atoms with Crippen molar-refractivity contribution >= 4 is 21.7 Å². The summed E-state index contributed by atoms with van der Waals surface area (Å²) in [6.07, 6.45) is -1.49. The van der Waals surface area contributed by atoms with Crippen molar-refractivity contribution in [1.29, 1.82) is 0 Å². The van der Waals surface area contributed by atoms with E-state index < -0.39 is 27.0 Å². The highest BCUT2D eigenvalue weighted by Gasteiger charge is 2.36. The number of piperazine rings is 1.